The first-order valence-corrected chi connectivity index (χ1v) is 9.05. The molecule has 0 aliphatic rings. The fourth-order valence-electron chi connectivity index (χ4n) is 2.46. The molecule has 2 aromatic carbocycles. The van der Waals surface area contributed by atoms with Gasteiger partial charge in [0, 0.05) is 5.69 Å². The average Bonchev–Trinajstić information content (AvgIpc) is 3.11. The van der Waals surface area contributed by atoms with Crippen molar-refractivity contribution in [1.29, 1.82) is 0 Å². The van der Waals surface area contributed by atoms with Crippen LogP contribution in [0.3, 0.4) is 0 Å². The number of carbonyl (C=O) groups is 1. The SMILES string of the molecule is COc1ccc(NC(=O)CCOc2cccc(Cl)c2Cl)cc1-n1nnnc1C. The highest BCUT2D eigenvalue weighted by atomic mass is 35.5. The molecule has 1 aromatic heterocycles. The fourth-order valence-corrected chi connectivity index (χ4v) is 2.81. The molecule has 0 spiro atoms. The van der Waals surface area contributed by atoms with Crippen LogP contribution >= 0.6 is 23.2 Å². The maximum absolute atomic E-state index is 12.2. The lowest BCUT2D eigenvalue weighted by Crippen LogP contribution is -2.15. The van der Waals surface area contributed by atoms with E-state index >= 15 is 0 Å². The number of nitrogens with one attached hydrogen (secondary N) is 1. The molecule has 0 atom stereocenters. The predicted molar refractivity (Wildman–Crippen MR) is 106 cm³/mol. The third-order valence-corrected chi connectivity index (χ3v) is 4.62. The molecule has 0 aliphatic heterocycles. The topological polar surface area (TPSA) is 91.2 Å². The normalized spacial score (nSPS) is 10.6. The van der Waals surface area contributed by atoms with Gasteiger partial charge in [0.15, 0.2) is 5.82 Å². The van der Waals surface area contributed by atoms with Crippen LogP contribution in [-0.2, 0) is 4.79 Å². The minimum atomic E-state index is -0.220. The maximum atomic E-state index is 12.2. The van der Waals surface area contributed by atoms with Gasteiger partial charge in [-0.25, -0.2) is 0 Å². The van der Waals surface area contributed by atoms with Crippen LogP contribution in [0.4, 0.5) is 5.69 Å². The second kappa shape index (κ2) is 8.90. The molecule has 146 valence electrons. The zero-order chi connectivity index (χ0) is 20.1. The van der Waals surface area contributed by atoms with Gasteiger partial charge in [0.25, 0.3) is 0 Å². The van der Waals surface area contributed by atoms with Crippen molar-refractivity contribution < 1.29 is 14.3 Å². The number of tetrazole rings is 1. The molecule has 0 fully saturated rings. The summed E-state index contributed by atoms with van der Waals surface area (Å²) in [6, 6.07) is 10.3. The molecule has 8 nitrogen and oxygen atoms in total. The Bertz CT molecular complexity index is 993. The Labute approximate surface area is 171 Å². The molecule has 0 radical (unpaired) electrons. The van der Waals surface area contributed by atoms with Gasteiger partial charge in [-0.2, -0.15) is 4.68 Å². The van der Waals surface area contributed by atoms with Crippen molar-refractivity contribution >= 4 is 34.8 Å². The summed E-state index contributed by atoms with van der Waals surface area (Å²) in [6.45, 7) is 1.92. The number of hydrogen-bond donors (Lipinski definition) is 1. The molecule has 28 heavy (non-hydrogen) atoms. The van der Waals surface area contributed by atoms with E-state index in [-0.39, 0.29) is 18.9 Å². The molecule has 1 heterocycles. The molecular weight excluding hydrogens is 405 g/mol. The van der Waals surface area contributed by atoms with Crippen LogP contribution in [0.25, 0.3) is 5.69 Å². The number of rotatable bonds is 7. The summed E-state index contributed by atoms with van der Waals surface area (Å²) in [5.74, 6) is 1.38. The Morgan fingerprint density at radius 2 is 2.04 bits per heavy atom. The second-order valence-electron chi connectivity index (χ2n) is 5.72. The highest BCUT2D eigenvalue weighted by molar-refractivity contribution is 6.42. The number of nitrogens with zero attached hydrogens (tertiary/aromatic N) is 4. The zero-order valence-electron chi connectivity index (χ0n) is 15.1. The van der Waals surface area contributed by atoms with E-state index in [1.165, 1.54) is 4.68 Å². The number of ether oxygens (including phenoxy) is 2. The molecule has 0 bridgehead atoms. The van der Waals surface area contributed by atoms with Crippen LogP contribution in [0.15, 0.2) is 36.4 Å². The number of methoxy groups -OCH3 is 1. The number of carbonyl (C=O) groups excluding carboxylic acids is 1. The van der Waals surface area contributed by atoms with Crippen molar-refractivity contribution in [3.8, 4) is 17.2 Å². The maximum Gasteiger partial charge on any atom is 0.227 e. The van der Waals surface area contributed by atoms with Crippen LogP contribution < -0.4 is 14.8 Å². The summed E-state index contributed by atoms with van der Waals surface area (Å²) >= 11 is 12.0. The van der Waals surface area contributed by atoms with Crippen molar-refractivity contribution in [1.82, 2.24) is 20.2 Å². The van der Waals surface area contributed by atoms with Crippen molar-refractivity contribution in [3.63, 3.8) is 0 Å². The molecule has 0 saturated heterocycles. The van der Waals surface area contributed by atoms with E-state index in [1.807, 2.05) is 0 Å². The minimum Gasteiger partial charge on any atom is -0.494 e. The molecule has 1 N–H and O–H groups in total. The number of amides is 1. The fraction of sp³-hybridized carbons (Fsp3) is 0.222. The summed E-state index contributed by atoms with van der Waals surface area (Å²) in [4.78, 5) is 12.2. The predicted octanol–water partition coefficient (Wildman–Crippen LogP) is 3.69. The average molecular weight is 422 g/mol. The van der Waals surface area contributed by atoms with Gasteiger partial charge in [-0.05, 0) is 47.7 Å². The Kier molecular flexibility index (Phi) is 6.33. The van der Waals surface area contributed by atoms with E-state index in [4.69, 9.17) is 32.7 Å². The third kappa shape index (κ3) is 4.52. The summed E-state index contributed by atoms with van der Waals surface area (Å²) in [5.41, 5.74) is 1.20. The van der Waals surface area contributed by atoms with Gasteiger partial charge in [0.2, 0.25) is 5.91 Å². The van der Waals surface area contributed by atoms with Crippen molar-refractivity contribution in [2.45, 2.75) is 13.3 Å². The number of anilines is 1. The number of halogens is 2. The Morgan fingerprint density at radius 3 is 2.75 bits per heavy atom. The lowest BCUT2D eigenvalue weighted by molar-refractivity contribution is -0.116. The Morgan fingerprint density at radius 1 is 1.21 bits per heavy atom. The van der Waals surface area contributed by atoms with Gasteiger partial charge in [-0.15, -0.1) is 5.10 Å². The molecule has 0 unspecified atom stereocenters. The van der Waals surface area contributed by atoms with E-state index in [0.29, 0.717) is 38.7 Å². The van der Waals surface area contributed by atoms with Gasteiger partial charge in [0.05, 0.1) is 25.2 Å². The molecule has 0 aliphatic carbocycles. The highest BCUT2D eigenvalue weighted by Crippen LogP contribution is 2.31. The van der Waals surface area contributed by atoms with Crippen LogP contribution in [0.2, 0.25) is 10.0 Å². The molecule has 10 heteroatoms. The van der Waals surface area contributed by atoms with E-state index in [1.54, 1.807) is 50.4 Å². The molecule has 0 saturated carbocycles. The summed E-state index contributed by atoms with van der Waals surface area (Å²) in [7, 11) is 1.55. The Balaban J connectivity index is 1.64. The van der Waals surface area contributed by atoms with Crippen LogP contribution in [-0.4, -0.2) is 39.8 Å². The number of benzene rings is 2. The van der Waals surface area contributed by atoms with Gasteiger partial charge in [-0.3, -0.25) is 4.79 Å². The first kappa shape index (κ1) is 19.9. The lowest BCUT2D eigenvalue weighted by Gasteiger charge is -2.12. The largest absolute Gasteiger partial charge is 0.494 e. The van der Waals surface area contributed by atoms with Gasteiger partial charge in [-0.1, -0.05) is 29.3 Å². The minimum absolute atomic E-state index is 0.133. The van der Waals surface area contributed by atoms with Crippen LogP contribution in [0.1, 0.15) is 12.2 Å². The first-order valence-electron chi connectivity index (χ1n) is 8.29. The van der Waals surface area contributed by atoms with Crippen molar-refractivity contribution in [3.05, 3.63) is 52.3 Å². The summed E-state index contributed by atoms with van der Waals surface area (Å²) in [5, 5.41) is 15.0. The quantitative estimate of drug-likeness (QED) is 0.625. The van der Waals surface area contributed by atoms with Gasteiger partial charge < -0.3 is 14.8 Å². The number of aryl methyl sites for hydroxylation is 1. The lowest BCUT2D eigenvalue weighted by atomic mass is 10.2. The third-order valence-electron chi connectivity index (χ3n) is 3.82. The van der Waals surface area contributed by atoms with Crippen LogP contribution in [0, 0.1) is 6.92 Å². The first-order chi connectivity index (χ1) is 13.5. The number of aromatic nitrogens is 4. The molecule has 3 rings (SSSR count). The molecule has 1 amide bonds. The second-order valence-corrected chi connectivity index (χ2v) is 6.51. The number of hydrogen-bond acceptors (Lipinski definition) is 6. The Hall–Kier alpha value is -2.84. The van der Waals surface area contributed by atoms with Crippen molar-refractivity contribution in [2.24, 2.45) is 0 Å². The van der Waals surface area contributed by atoms with Gasteiger partial charge >= 0.3 is 0 Å². The molecular formula is C18H17Cl2N5O3. The summed E-state index contributed by atoms with van der Waals surface area (Å²) in [6.07, 6.45) is 0.133. The smallest absolute Gasteiger partial charge is 0.227 e. The summed E-state index contributed by atoms with van der Waals surface area (Å²) < 4.78 is 12.4. The van der Waals surface area contributed by atoms with E-state index in [2.05, 4.69) is 20.8 Å². The van der Waals surface area contributed by atoms with E-state index in [9.17, 15) is 4.79 Å². The van der Waals surface area contributed by atoms with E-state index < -0.39 is 0 Å². The van der Waals surface area contributed by atoms with Crippen LogP contribution in [0.5, 0.6) is 11.5 Å². The molecule has 3 aromatic rings. The van der Waals surface area contributed by atoms with E-state index in [0.717, 1.165) is 0 Å². The van der Waals surface area contributed by atoms with Gasteiger partial charge in [0.1, 0.15) is 22.2 Å². The highest BCUT2D eigenvalue weighted by Gasteiger charge is 2.13. The standard InChI is InChI=1S/C18H17Cl2N5O3/c1-11-22-23-24-25(11)14-10-12(6-7-15(14)27-2)21-17(26)8-9-28-16-5-3-4-13(19)18(16)20/h3-7,10H,8-9H2,1-2H3,(H,21,26). The van der Waals surface area contributed by atoms with Crippen molar-refractivity contribution in [2.75, 3.05) is 19.0 Å². The monoisotopic (exact) mass is 421 g/mol. The zero-order valence-corrected chi connectivity index (χ0v) is 16.7.